The van der Waals surface area contributed by atoms with Crippen LogP contribution < -0.4 is 9.80 Å². The van der Waals surface area contributed by atoms with Gasteiger partial charge in [-0.05, 0) is 20.1 Å². The lowest BCUT2D eigenvalue weighted by molar-refractivity contribution is 0.635. The van der Waals surface area contributed by atoms with Gasteiger partial charge in [0.2, 0.25) is 0 Å². The van der Waals surface area contributed by atoms with Crippen LogP contribution in [0.1, 0.15) is 11.3 Å². The van der Waals surface area contributed by atoms with E-state index in [1.165, 1.54) is 0 Å². The summed E-state index contributed by atoms with van der Waals surface area (Å²) in [6, 6.07) is 2.04. The molecule has 3 rings (SSSR count). The van der Waals surface area contributed by atoms with Crippen LogP contribution >= 0.6 is 11.8 Å². The van der Waals surface area contributed by atoms with Gasteiger partial charge in [0, 0.05) is 49.7 Å². The lowest BCUT2D eigenvalue weighted by Crippen LogP contribution is -2.47. The highest BCUT2D eigenvalue weighted by atomic mass is 32.2. The average molecular weight is 316 g/mol. The maximum Gasteiger partial charge on any atom is 0.189 e. The Morgan fingerprint density at radius 1 is 1.00 bits per heavy atom. The summed E-state index contributed by atoms with van der Waals surface area (Å²) in [6.07, 6.45) is 5.55. The molecule has 0 aliphatic carbocycles. The molecule has 1 aliphatic heterocycles. The van der Waals surface area contributed by atoms with Gasteiger partial charge in [-0.3, -0.25) is 0 Å². The molecule has 1 saturated heterocycles. The van der Waals surface area contributed by atoms with Crippen molar-refractivity contribution in [1.82, 2.24) is 19.9 Å². The molecule has 0 radical (unpaired) electrons. The first-order valence-corrected chi connectivity index (χ1v) is 8.56. The largest absolute Gasteiger partial charge is 0.353 e. The monoisotopic (exact) mass is 316 g/mol. The zero-order valence-corrected chi connectivity index (χ0v) is 14.0. The van der Waals surface area contributed by atoms with Gasteiger partial charge in [0.25, 0.3) is 0 Å². The first-order valence-electron chi connectivity index (χ1n) is 7.33. The highest BCUT2D eigenvalue weighted by Gasteiger charge is 2.21. The van der Waals surface area contributed by atoms with E-state index < -0.39 is 0 Å². The first kappa shape index (κ1) is 15.0. The molecule has 1 fully saturated rings. The lowest BCUT2D eigenvalue weighted by atomic mass is 10.2. The van der Waals surface area contributed by atoms with Crippen molar-refractivity contribution >= 4 is 23.4 Å². The molecule has 0 aromatic carbocycles. The number of hydrogen-bond acceptors (Lipinski definition) is 7. The minimum atomic E-state index is 0.828. The highest BCUT2D eigenvalue weighted by Crippen LogP contribution is 2.22. The van der Waals surface area contributed by atoms with Crippen molar-refractivity contribution in [3.8, 4) is 0 Å². The van der Waals surface area contributed by atoms with Gasteiger partial charge in [0.05, 0.1) is 0 Å². The van der Waals surface area contributed by atoms with Gasteiger partial charge in [-0.1, -0.05) is 11.8 Å². The molecule has 22 heavy (non-hydrogen) atoms. The summed E-state index contributed by atoms with van der Waals surface area (Å²) < 4.78 is 0. The van der Waals surface area contributed by atoms with Gasteiger partial charge in [-0.15, -0.1) is 0 Å². The summed E-state index contributed by atoms with van der Waals surface area (Å²) in [7, 11) is 0. The summed E-state index contributed by atoms with van der Waals surface area (Å²) in [6.45, 7) is 7.82. The molecule has 2 aromatic heterocycles. The zero-order chi connectivity index (χ0) is 15.5. The third-order valence-corrected chi connectivity index (χ3v) is 4.36. The molecule has 0 saturated carbocycles. The first-order chi connectivity index (χ1) is 10.7. The van der Waals surface area contributed by atoms with Crippen LogP contribution in [0.2, 0.25) is 0 Å². The Morgan fingerprint density at radius 2 is 1.73 bits per heavy atom. The molecular weight excluding hydrogens is 296 g/mol. The number of aromatic nitrogens is 4. The Bertz CT molecular complexity index is 654. The van der Waals surface area contributed by atoms with Gasteiger partial charge in [-0.25, -0.2) is 19.9 Å². The predicted molar refractivity (Wildman–Crippen MR) is 89.7 cm³/mol. The molecule has 0 spiro atoms. The Labute approximate surface area is 135 Å². The number of hydrogen-bond donors (Lipinski definition) is 0. The van der Waals surface area contributed by atoms with Crippen LogP contribution in [-0.2, 0) is 0 Å². The molecule has 0 amide bonds. The van der Waals surface area contributed by atoms with Crippen LogP contribution in [0.3, 0.4) is 0 Å². The smallest absolute Gasteiger partial charge is 0.189 e. The average Bonchev–Trinajstić information content (AvgIpc) is 2.55. The van der Waals surface area contributed by atoms with Crippen molar-refractivity contribution in [3.63, 3.8) is 0 Å². The quantitative estimate of drug-likeness (QED) is 0.633. The number of thioether (sulfide) groups is 1. The van der Waals surface area contributed by atoms with E-state index in [1.54, 1.807) is 18.1 Å². The lowest BCUT2D eigenvalue weighted by Gasteiger charge is -2.36. The van der Waals surface area contributed by atoms with E-state index in [1.807, 2.05) is 25.4 Å². The fourth-order valence-electron chi connectivity index (χ4n) is 2.60. The Kier molecular flexibility index (Phi) is 4.42. The molecule has 0 bridgehead atoms. The van der Waals surface area contributed by atoms with Crippen molar-refractivity contribution in [2.75, 3.05) is 42.2 Å². The van der Waals surface area contributed by atoms with E-state index in [0.29, 0.717) is 0 Å². The van der Waals surface area contributed by atoms with Crippen molar-refractivity contribution in [1.29, 1.82) is 0 Å². The maximum atomic E-state index is 4.66. The number of aryl methyl sites for hydroxylation is 2. The molecule has 0 unspecified atom stereocenters. The van der Waals surface area contributed by atoms with E-state index in [4.69, 9.17) is 0 Å². The number of anilines is 2. The summed E-state index contributed by atoms with van der Waals surface area (Å²) in [5.41, 5.74) is 2.13. The van der Waals surface area contributed by atoms with E-state index in [9.17, 15) is 0 Å². The predicted octanol–water partition coefficient (Wildman–Crippen LogP) is 1.93. The summed E-state index contributed by atoms with van der Waals surface area (Å²) in [5, 5.41) is 0.828. The second-order valence-corrected chi connectivity index (χ2v) is 6.13. The third kappa shape index (κ3) is 3.14. The van der Waals surface area contributed by atoms with Crippen LogP contribution in [0.4, 0.5) is 11.6 Å². The number of piperazine rings is 1. The summed E-state index contributed by atoms with van der Waals surface area (Å²) >= 11 is 1.58. The topological polar surface area (TPSA) is 58.0 Å². The van der Waals surface area contributed by atoms with E-state index in [-0.39, 0.29) is 0 Å². The van der Waals surface area contributed by atoms with E-state index >= 15 is 0 Å². The van der Waals surface area contributed by atoms with E-state index in [2.05, 4.69) is 36.7 Å². The molecule has 1 aliphatic rings. The van der Waals surface area contributed by atoms with Crippen LogP contribution in [-0.4, -0.2) is 52.4 Å². The van der Waals surface area contributed by atoms with Gasteiger partial charge in [0.1, 0.15) is 18.0 Å². The Balaban J connectivity index is 1.72. The second kappa shape index (κ2) is 6.48. The fraction of sp³-hybridized carbons (Fsp3) is 0.467. The Hall–Kier alpha value is -1.89. The normalized spacial score (nSPS) is 15.2. The fourth-order valence-corrected chi connectivity index (χ4v) is 2.93. The van der Waals surface area contributed by atoms with Gasteiger partial charge >= 0.3 is 0 Å². The number of nitrogens with zero attached hydrogens (tertiary/aromatic N) is 6. The van der Waals surface area contributed by atoms with Crippen molar-refractivity contribution in [2.24, 2.45) is 0 Å². The SMILES string of the molecule is CSc1ncc(C)c(N2CCN(c3cc(C)ncn3)CC2)n1. The maximum absolute atomic E-state index is 4.66. The number of rotatable bonds is 3. The molecule has 0 N–H and O–H groups in total. The van der Waals surface area contributed by atoms with Gasteiger partial charge < -0.3 is 9.80 Å². The molecule has 2 aromatic rings. The second-order valence-electron chi connectivity index (χ2n) is 5.36. The van der Waals surface area contributed by atoms with Crippen molar-refractivity contribution in [2.45, 2.75) is 19.0 Å². The van der Waals surface area contributed by atoms with Crippen LogP contribution in [0.25, 0.3) is 0 Å². The van der Waals surface area contributed by atoms with Gasteiger partial charge in [-0.2, -0.15) is 0 Å². The minimum absolute atomic E-state index is 0.828. The minimum Gasteiger partial charge on any atom is -0.353 e. The van der Waals surface area contributed by atoms with Crippen LogP contribution in [0.15, 0.2) is 23.7 Å². The summed E-state index contributed by atoms with van der Waals surface area (Å²) in [5.74, 6) is 2.06. The molecule has 7 heteroatoms. The highest BCUT2D eigenvalue weighted by molar-refractivity contribution is 7.98. The van der Waals surface area contributed by atoms with Crippen molar-refractivity contribution in [3.05, 3.63) is 29.8 Å². The van der Waals surface area contributed by atoms with Crippen molar-refractivity contribution < 1.29 is 0 Å². The molecule has 6 nitrogen and oxygen atoms in total. The Morgan fingerprint density at radius 3 is 2.41 bits per heavy atom. The molecular formula is C15H20N6S. The third-order valence-electron chi connectivity index (χ3n) is 3.80. The van der Waals surface area contributed by atoms with E-state index in [0.717, 1.165) is 54.2 Å². The standard InChI is InChI=1S/C15H20N6S/c1-11-9-16-15(22-3)19-14(11)21-6-4-20(5-7-21)13-8-12(2)17-10-18-13/h8-10H,4-7H2,1-3H3. The molecule has 3 heterocycles. The summed E-state index contributed by atoms with van der Waals surface area (Å²) in [4.78, 5) is 22.2. The van der Waals surface area contributed by atoms with Crippen LogP contribution in [0.5, 0.6) is 0 Å². The van der Waals surface area contributed by atoms with Crippen LogP contribution in [0, 0.1) is 13.8 Å². The zero-order valence-electron chi connectivity index (χ0n) is 13.2. The van der Waals surface area contributed by atoms with Gasteiger partial charge in [0.15, 0.2) is 5.16 Å². The molecule has 116 valence electrons. The molecule has 0 atom stereocenters.